The highest BCUT2D eigenvalue weighted by Gasteiger charge is 2.31. The average Bonchev–Trinajstić information content (AvgIpc) is 2.75. The molecule has 5 atom stereocenters. The van der Waals surface area contributed by atoms with Crippen molar-refractivity contribution in [3.8, 4) is 0 Å². The number of carbonyl (C=O) groups excluding carboxylic acids is 3. The predicted octanol–water partition coefficient (Wildman–Crippen LogP) is -0.846. The summed E-state index contributed by atoms with van der Waals surface area (Å²) in [5, 5.41) is 25.8. The lowest BCUT2D eigenvalue weighted by molar-refractivity contribution is -0.142. The molecule has 172 valence electrons. The fourth-order valence-electron chi connectivity index (χ4n) is 2.75. The van der Waals surface area contributed by atoms with Crippen molar-refractivity contribution in [2.75, 3.05) is 6.61 Å². The largest absolute Gasteiger partial charge is 0.480 e. The van der Waals surface area contributed by atoms with E-state index in [0.29, 0.717) is 6.42 Å². The number of carboxylic acids is 1. The van der Waals surface area contributed by atoms with Gasteiger partial charge in [0, 0.05) is 0 Å². The van der Waals surface area contributed by atoms with Gasteiger partial charge < -0.3 is 31.9 Å². The lowest BCUT2D eigenvalue weighted by Crippen LogP contribution is -2.59. The van der Waals surface area contributed by atoms with Crippen molar-refractivity contribution in [2.45, 2.75) is 57.8 Å². The monoisotopic (exact) mass is 436 g/mol. The molecular formula is C21H32N4O6. The van der Waals surface area contributed by atoms with Gasteiger partial charge in [0.15, 0.2) is 0 Å². The van der Waals surface area contributed by atoms with Crippen LogP contribution in [0, 0.1) is 5.92 Å². The summed E-state index contributed by atoms with van der Waals surface area (Å²) >= 11 is 0. The Morgan fingerprint density at radius 3 is 2.10 bits per heavy atom. The lowest BCUT2D eigenvalue weighted by atomic mass is 9.97. The molecule has 10 heteroatoms. The molecular weight excluding hydrogens is 404 g/mol. The number of benzene rings is 1. The number of rotatable bonds is 12. The van der Waals surface area contributed by atoms with Crippen LogP contribution in [-0.4, -0.2) is 64.7 Å². The molecule has 0 saturated carbocycles. The number of aliphatic hydroxyl groups excluding tert-OH is 1. The zero-order valence-electron chi connectivity index (χ0n) is 18.0. The van der Waals surface area contributed by atoms with Crippen molar-refractivity contribution >= 4 is 23.7 Å². The molecule has 0 spiro atoms. The highest BCUT2D eigenvalue weighted by atomic mass is 16.4. The first-order chi connectivity index (χ1) is 14.6. The summed E-state index contributed by atoms with van der Waals surface area (Å²) in [6, 6.07) is 4.67. The van der Waals surface area contributed by atoms with Gasteiger partial charge in [-0.2, -0.15) is 0 Å². The van der Waals surface area contributed by atoms with Gasteiger partial charge in [-0.15, -0.1) is 0 Å². The molecule has 7 N–H and O–H groups in total. The molecule has 0 aliphatic carbocycles. The third kappa shape index (κ3) is 8.35. The van der Waals surface area contributed by atoms with Crippen LogP contribution in [0.3, 0.4) is 0 Å². The maximum atomic E-state index is 12.6. The normalized spacial score (nSPS) is 15.6. The molecule has 1 aromatic rings. The minimum Gasteiger partial charge on any atom is -0.480 e. The summed E-state index contributed by atoms with van der Waals surface area (Å²) in [6.07, 6.45) is 0.773. The van der Waals surface area contributed by atoms with Gasteiger partial charge in [0.2, 0.25) is 17.7 Å². The number of aliphatic hydroxyl groups is 1. The van der Waals surface area contributed by atoms with Crippen LogP contribution in [-0.2, 0) is 25.6 Å². The van der Waals surface area contributed by atoms with E-state index in [1.165, 1.54) is 6.92 Å². The third-order valence-electron chi connectivity index (χ3n) is 4.97. The fourth-order valence-corrected chi connectivity index (χ4v) is 2.75. The summed E-state index contributed by atoms with van der Waals surface area (Å²) in [4.78, 5) is 48.5. The zero-order valence-corrected chi connectivity index (χ0v) is 18.0. The first kappa shape index (κ1) is 26.1. The predicted molar refractivity (Wildman–Crippen MR) is 114 cm³/mol. The number of carboxylic acid groups (broad SMARTS) is 1. The van der Waals surface area contributed by atoms with E-state index < -0.39 is 54.5 Å². The topological polar surface area (TPSA) is 171 Å². The summed E-state index contributed by atoms with van der Waals surface area (Å²) in [5.74, 6) is -3.59. The van der Waals surface area contributed by atoms with Crippen LogP contribution in [0.2, 0.25) is 0 Å². The molecule has 0 heterocycles. The second-order valence-corrected chi connectivity index (χ2v) is 7.48. The van der Waals surface area contributed by atoms with Crippen LogP contribution in [0.5, 0.6) is 0 Å². The number of hydrogen-bond donors (Lipinski definition) is 6. The molecule has 0 saturated heterocycles. The number of amides is 3. The van der Waals surface area contributed by atoms with Crippen LogP contribution >= 0.6 is 0 Å². The van der Waals surface area contributed by atoms with Gasteiger partial charge in [0.05, 0.1) is 12.6 Å². The molecule has 0 aromatic heterocycles. The van der Waals surface area contributed by atoms with Crippen molar-refractivity contribution < 1.29 is 29.4 Å². The Bertz CT molecular complexity index is 757. The molecule has 0 aliphatic heterocycles. The molecule has 0 radical (unpaired) electrons. The number of nitrogens with two attached hydrogens (primary N) is 1. The van der Waals surface area contributed by atoms with Crippen LogP contribution in [0.1, 0.15) is 32.8 Å². The highest BCUT2D eigenvalue weighted by molar-refractivity contribution is 5.94. The van der Waals surface area contributed by atoms with Gasteiger partial charge in [-0.1, -0.05) is 50.6 Å². The zero-order chi connectivity index (χ0) is 23.6. The van der Waals surface area contributed by atoms with Gasteiger partial charge in [0.25, 0.3) is 0 Å². The number of nitrogens with one attached hydrogen (secondary N) is 3. The van der Waals surface area contributed by atoms with Crippen molar-refractivity contribution in [3.05, 3.63) is 35.9 Å². The second-order valence-electron chi connectivity index (χ2n) is 7.48. The SMILES string of the molecule is CCC(C)C(NC(=O)C(CO)NC(=O)C(N)Cc1ccccc1)C(=O)NC(C)C(=O)O. The van der Waals surface area contributed by atoms with Crippen LogP contribution in [0.15, 0.2) is 30.3 Å². The van der Waals surface area contributed by atoms with Crippen molar-refractivity contribution in [1.82, 2.24) is 16.0 Å². The Hall–Kier alpha value is -2.98. The first-order valence-corrected chi connectivity index (χ1v) is 10.1. The van der Waals surface area contributed by atoms with Gasteiger partial charge in [0.1, 0.15) is 18.1 Å². The van der Waals surface area contributed by atoms with E-state index in [4.69, 9.17) is 10.8 Å². The van der Waals surface area contributed by atoms with E-state index in [2.05, 4.69) is 16.0 Å². The van der Waals surface area contributed by atoms with E-state index in [1.807, 2.05) is 37.3 Å². The van der Waals surface area contributed by atoms with Gasteiger partial charge in [-0.3, -0.25) is 19.2 Å². The first-order valence-electron chi connectivity index (χ1n) is 10.1. The maximum absolute atomic E-state index is 12.6. The van der Waals surface area contributed by atoms with Gasteiger partial charge >= 0.3 is 5.97 Å². The molecule has 1 rings (SSSR count). The third-order valence-corrected chi connectivity index (χ3v) is 4.97. The molecule has 0 fully saturated rings. The van der Waals surface area contributed by atoms with Crippen LogP contribution in [0.4, 0.5) is 0 Å². The Kier molecular flexibility index (Phi) is 10.6. The number of carbonyl (C=O) groups is 4. The summed E-state index contributed by atoms with van der Waals surface area (Å²) in [7, 11) is 0. The Balaban J connectivity index is 2.79. The fraction of sp³-hybridized carbons (Fsp3) is 0.524. The smallest absolute Gasteiger partial charge is 0.325 e. The van der Waals surface area contributed by atoms with Crippen molar-refractivity contribution in [3.63, 3.8) is 0 Å². The van der Waals surface area contributed by atoms with Crippen LogP contribution in [0.25, 0.3) is 0 Å². The summed E-state index contributed by atoms with van der Waals surface area (Å²) < 4.78 is 0. The van der Waals surface area contributed by atoms with Crippen molar-refractivity contribution in [2.24, 2.45) is 11.7 Å². The molecule has 0 aliphatic rings. The molecule has 31 heavy (non-hydrogen) atoms. The minimum absolute atomic E-state index is 0.247. The summed E-state index contributed by atoms with van der Waals surface area (Å²) in [5.41, 5.74) is 6.75. The molecule has 5 unspecified atom stereocenters. The number of hydrogen-bond acceptors (Lipinski definition) is 6. The van der Waals surface area contributed by atoms with E-state index in [0.717, 1.165) is 5.56 Å². The highest BCUT2D eigenvalue weighted by Crippen LogP contribution is 2.09. The molecule has 3 amide bonds. The molecule has 1 aromatic carbocycles. The maximum Gasteiger partial charge on any atom is 0.325 e. The van der Waals surface area contributed by atoms with E-state index in [-0.39, 0.29) is 12.3 Å². The summed E-state index contributed by atoms with van der Waals surface area (Å²) in [6.45, 7) is 4.14. The van der Waals surface area contributed by atoms with E-state index >= 15 is 0 Å². The Morgan fingerprint density at radius 2 is 1.58 bits per heavy atom. The standard InChI is InChI=1S/C21H32N4O6/c1-4-12(2)17(20(29)23-13(3)21(30)31)25-19(28)16(11-26)24-18(27)15(22)10-14-8-6-5-7-9-14/h5-9,12-13,15-17,26H,4,10-11,22H2,1-3H3,(H,23,29)(H,24,27)(H,25,28)(H,30,31). The Morgan fingerprint density at radius 1 is 0.968 bits per heavy atom. The average molecular weight is 437 g/mol. The van der Waals surface area contributed by atoms with E-state index in [1.54, 1.807) is 6.92 Å². The van der Waals surface area contributed by atoms with Crippen LogP contribution < -0.4 is 21.7 Å². The molecule has 0 bridgehead atoms. The quantitative estimate of drug-likeness (QED) is 0.248. The lowest BCUT2D eigenvalue weighted by Gasteiger charge is -2.27. The molecule has 10 nitrogen and oxygen atoms in total. The van der Waals surface area contributed by atoms with Gasteiger partial charge in [-0.25, -0.2) is 0 Å². The van der Waals surface area contributed by atoms with Crippen molar-refractivity contribution in [1.29, 1.82) is 0 Å². The Labute approximate surface area is 181 Å². The second kappa shape index (κ2) is 12.7. The number of aliphatic carboxylic acids is 1. The van der Waals surface area contributed by atoms with Gasteiger partial charge in [-0.05, 0) is 24.8 Å². The van der Waals surface area contributed by atoms with E-state index in [9.17, 15) is 24.3 Å². The minimum atomic E-state index is -1.31.